The molecule has 0 rings (SSSR count). The number of hydrogen-bond donors (Lipinski definition) is 1. The Bertz CT molecular complexity index is 226. The molecule has 0 aliphatic carbocycles. The smallest absolute Gasteiger partial charge is 0.333 e. The van der Waals surface area contributed by atoms with Crippen LogP contribution in [0.4, 0.5) is 0 Å². The van der Waals surface area contributed by atoms with E-state index in [1.54, 1.807) is 14.0 Å². The van der Waals surface area contributed by atoms with E-state index in [0.717, 1.165) is 0 Å². The summed E-state index contributed by atoms with van der Waals surface area (Å²) in [4.78, 5) is 11.2. The van der Waals surface area contributed by atoms with Crippen LogP contribution in [0.3, 0.4) is 0 Å². The minimum Gasteiger partial charge on any atom is -0.454 e. The highest BCUT2D eigenvalue weighted by molar-refractivity contribution is 5.87. The zero-order valence-corrected chi connectivity index (χ0v) is 10.1. The van der Waals surface area contributed by atoms with Crippen molar-refractivity contribution >= 4 is 5.97 Å². The molecule has 0 spiro atoms. The maximum absolute atomic E-state index is 11.2. The Morgan fingerprint density at radius 2 is 2.06 bits per heavy atom. The molecule has 0 radical (unpaired) electrons. The largest absolute Gasteiger partial charge is 0.454 e. The van der Waals surface area contributed by atoms with E-state index in [1.165, 1.54) is 0 Å². The number of carbonyl (C=O) groups excluding carboxylic acids is 1. The third-order valence-corrected chi connectivity index (χ3v) is 1.79. The molecule has 0 aromatic carbocycles. The lowest BCUT2D eigenvalue weighted by Crippen LogP contribution is -2.30. The van der Waals surface area contributed by atoms with Gasteiger partial charge in [0.25, 0.3) is 0 Å². The maximum Gasteiger partial charge on any atom is 0.333 e. The van der Waals surface area contributed by atoms with Gasteiger partial charge >= 0.3 is 5.97 Å². The number of carbonyl (C=O) groups is 1. The number of esters is 1. The Morgan fingerprint density at radius 1 is 1.44 bits per heavy atom. The Labute approximate surface area is 96.0 Å². The van der Waals surface area contributed by atoms with E-state index in [2.05, 4.69) is 6.58 Å². The molecule has 5 nitrogen and oxygen atoms in total. The summed E-state index contributed by atoms with van der Waals surface area (Å²) in [5, 5.41) is 8.98. The number of rotatable bonds is 8. The summed E-state index contributed by atoms with van der Waals surface area (Å²) in [7, 11) is 1.57. The predicted molar refractivity (Wildman–Crippen MR) is 59.1 cm³/mol. The van der Waals surface area contributed by atoms with Crippen LogP contribution >= 0.6 is 0 Å². The van der Waals surface area contributed by atoms with E-state index in [0.29, 0.717) is 12.2 Å². The van der Waals surface area contributed by atoms with Crippen LogP contribution in [-0.4, -0.2) is 50.2 Å². The summed E-state index contributed by atoms with van der Waals surface area (Å²) in [6.07, 6.45) is -0.772. The van der Waals surface area contributed by atoms with E-state index in [4.69, 9.17) is 19.3 Å². The van der Waals surface area contributed by atoms with Crippen LogP contribution in [0.5, 0.6) is 0 Å². The van der Waals surface area contributed by atoms with Crippen molar-refractivity contribution in [3.63, 3.8) is 0 Å². The van der Waals surface area contributed by atoms with Crippen molar-refractivity contribution in [2.24, 2.45) is 0 Å². The lowest BCUT2D eigenvalue weighted by molar-refractivity contribution is -0.151. The van der Waals surface area contributed by atoms with Crippen LogP contribution in [0, 0.1) is 0 Å². The molecule has 0 saturated heterocycles. The highest BCUT2D eigenvalue weighted by Crippen LogP contribution is 2.01. The van der Waals surface area contributed by atoms with E-state index in [1.807, 2.05) is 6.92 Å². The first-order valence-corrected chi connectivity index (χ1v) is 5.09. The molecular formula is C11H20O5. The molecule has 0 aromatic heterocycles. The normalized spacial score (nSPS) is 14.2. The molecule has 94 valence electrons. The molecule has 1 N–H and O–H groups in total. The third-order valence-electron chi connectivity index (χ3n) is 1.79. The molecule has 0 amide bonds. The minimum atomic E-state index is -0.663. The van der Waals surface area contributed by atoms with E-state index in [-0.39, 0.29) is 19.3 Å². The highest BCUT2D eigenvalue weighted by Gasteiger charge is 2.15. The van der Waals surface area contributed by atoms with Gasteiger partial charge in [0, 0.05) is 12.7 Å². The highest BCUT2D eigenvalue weighted by atomic mass is 16.6. The summed E-state index contributed by atoms with van der Waals surface area (Å²) >= 11 is 0. The Balaban J connectivity index is 3.92. The second-order valence-electron chi connectivity index (χ2n) is 3.59. The van der Waals surface area contributed by atoms with Crippen LogP contribution in [0.25, 0.3) is 0 Å². The van der Waals surface area contributed by atoms with E-state index >= 15 is 0 Å². The number of hydrogen-bond acceptors (Lipinski definition) is 5. The summed E-state index contributed by atoms with van der Waals surface area (Å²) in [6, 6.07) is 0. The molecule has 0 bridgehead atoms. The van der Waals surface area contributed by atoms with Crippen LogP contribution in [0.1, 0.15) is 13.8 Å². The average molecular weight is 232 g/mol. The fourth-order valence-corrected chi connectivity index (χ4v) is 0.930. The molecule has 16 heavy (non-hydrogen) atoms. The lowest BCUT2D eigenvalue weighted by atomic mass is 10.3. The molecule has 0 saturated carbocycles. The molecule has 2 atom stereocenters. The standard InChI is InChI=1S/C11H20O5/c1-8(2)11(13)16-10(5-12)7-15-9(3)6-14-4/h9-10,12H,1,5-7H2,2-4H3. The van der Waals surface area contributed by atoms with Crippen molar-refractivity contribution in [3.8, 4) is 0 Å². The molecule has 0 aliphatic heterocycles. The van der Waals surface area contributed by atoms with Crippen LogP contribution < -0.4 is 0 Å². The van der Waals surface area contributed by atoms with Gasteiger partial charge < -0.3 is 19.3 Å². The van der Waals surface area contributed by atoms with Crippen molar-refractivity contribution in [1.82, 2.24) is 0 Å². The third kappa shape index (κ3) is 6.55. The van der Waals surface area contributed by atoms with Gasteiger partial charge in [0.2, 0.25) is 0 Å². The van der Waals surface area contributed by atoms with Gasteiger partial charge in [0.15, 0.2) is 0 Å². The summed E-state index contributed by atoms with van der Waals surface area (Å²) in [5.74, 6) is -0.526. The van der Waals surface area contributed by atoms with Crippen molar-refractivity contribution in [1.29, 1.82) is 0 Å². The van der Waals surface area contributed by atoms with E-state index < -0.39 is 12.1 Å². The Hall–Kier alpha value is -0.910. The fourth-order valence-electron chi connectivity index (χ4n) is 0.930. The maximum atomic E-state index is 11.2. The first-order valence-electron chi connectivity index (χ1n) is 5.09. The van der Waals surface area contributed by atoms with Crippen molar-refractivity contribution in [3.05, 3.63) is 12.2 Å². The first kappa shape index (κ1) is 15.1. The van der Waals surface area contributed by atoms with Gasteiger partial charge in [-0.05, 0) is 13.8 Å². The predicted octanol–water partition coefficient (Wildman–Crippen LogP) is 0.518. The topological polar surface area (TPSA) is 65.0 Å². The SMILES string of the molecule is C=C(C)C(=O)OC(CO)COC(C)COC. The lowest BCUT2D eigenvalue weighted by Gasteiger charge is -2.18. The number of aliphatic hydroxyl groups is 1. The molecule has 2 unspecified atom stereocenters. The zero-order valence-electron chi connectivity index (χ0n) is 10.1. The molecule has 0 aliphatic rings. The minimum absolute atomic E-state index is 0.109. The second kappa shape index (κ2) is 8.27. The van der Waals surface area contributed by atoms with Crippen LogP contribution in [0.15, 0.2) is 12.2 Å². The van der Waals surface area contributed by atoms with Gasteiger partial charge in [-0.2, -0.15) is 0 Å². The van der Waals surface area contributed by atoms with Gasteiger partial charge in [-0.3, -0.25) is 0 Å². The van der Waals surface area contributed by atoms with Gasteiger partial charge in [-0.25, -0.2) is 4.79 Å². The monoisotopic (exact) mass is 232 g/mol. The van der Waals surface area contributed by atoms with Crippen LogP contribution in [-0.2, 0) is 19.0 Å². The van der Waals surface area contributed by atoms with E-state index in [9.17, 15) is 4.79 Å². The number of aliphatic hydroxyl groups excluding tert-OH is 1. The van der Waals surface area contributed by atoms with Crippen molar-refractivity contribution < 1.29 is 24.1 Å². The quantitative estimate of drug-likeness (QED) is 0.488. The van der Waals surface area contributed by atoms with Crippen molar-refractivity contribution in [2.75, 3.05) is 26.9 Å². The van der Waals surface area contributed by atoms with Gasteiger partial charge in [-0.15, -0.1) is 0 Å². The van der Waals surface area contributed by atoms with Crippen LogP contribution in [0.2, 0.25) is 0 Å². The zero-order chi connectivity index (χ0) is 12.6. The Kier molecular flexibility index (Phi) is 7.80. The average Bonchev–Trinajstić information content (AvgIpc) is 2.24. The molecule has 0 aromatic rings. The molecule has 0 heterocycles. The summed E-state index contributed by atoms with van der Waals surface area (Å²) in [6.45, 7) is 7.14. The first-order chi connectivity index (χ1) is 7.51. The molecular weight excluding hydrogens is 212 g/mol. The summed E-state index contributed by atoms with van der Waals surface area (Å²) in [5.41, 5.74) is 0.295. The molecule has 0 fully saturated rings. The summed E-state index contributed by atoms with van der Waals surface area (Å²) < 4.78 is 15.1. The van der Waals surface area contributed by atoms with Gasteiger partial charge in [-0.1, -0.05) is 6.58 Å². The van der Waals surface area contributed by atoms with Gasteiger partial charge in [0.1, 0.15) is 6.10 Å². The number of ether oxygens (including phenoxy) is 3. The second-order valence-corrected chi connectivity index (χ2v) is 3.59. The fraction of sp³-hybridized carbons (Fsp3) is 0.727. The Morgan fingerprint density at radius 3 is 2.50 bits per heavy atom. The molecule has 5 heteroatoms. The number of methoxy groups -OCH3 is 1. The van der Waals surface area contributed by atoms with Crippen molar-refractivity contribution in [2.45, 2.75) is 26.1 Å². The van der Waals surface area contributed by atoms with Gasteiger partial charge in [0.05, 0.1) is 25.9 Å².